The van der Waals surface area contributed by atoms with Crippen LogP contribution in [-0.2, 0) is 21.2 Å². The molecule has 31 heavy (non-hydrogen) atoms. The number of nitrogens with zero attached hydrogens (tertiary/aromatic N) is 2. The lowest BCUT2D eigenvalue weighted by Crippen LogP contribution is -2.32. The van der Waals surface area contributed by atoms with Gasteiger partial charge in [0.1, 0.15) is 29.4 Å². The van der Waals surface area contributed by atoms with Crippen molar-refractivity contribution in [2.75, 3.05) is 11.2 Å². The molecule has 0 fully saturated rings. The van der Waals surface area contributed by atoms with Gasteiger partial charge in [-0.1, -0.05) is 11.6 Å². The molecule has 0 saturated heterocycles. The maximum Gasteiger partial charge on any atom is 0.231 e. The topological polar surface area (TPSA) is 74.8 Å². The Bertz CT molecular complexity index is 1330. The molecule has 6 nitrogen and oxygen atoms in total. The molecule has 1 aliphatic rings. The largest absolute Gasteiger partial charge is 0.472 e. The second-order valence-electron chi connectivity index (χ2n) is 7.13. The van der Waals surface area contributed by atoms with E-state index in [1.807, 2.05) is 6.07 Å². The molecule has 0 saturated carbocycles. The minimum Gasteiger partial charge on any atom is -0.472 e. The highest BCUT2D eigenvalue weighted by Gasteiger charge is 2.23. The first kappa shape index (κ1) is 21.3. The Kier molecular flexibility index (Phi) is 5.49. The fourth-order valence-electron chi connectivity index (χ4n) is 3.31. The number of benzene rings is 2. The third-order valence-corrected chi connectivity index (χ3v) is 6.26. The van der Waals surface area contributed by atoms with Gasteiger partial charge in [0, 0.05) is 46.9 Å². The minimum atomic E-state index is -3.40. The van der Waals surface area contributed by atoms with E-state index in [4.69, 9.17) is 16.3 Å². The van der Waals surface area contributed by atoms with Crippen molar-refractivity contribution in [3.63, 3.8) is 0 Å². The zero-order valence-corrected chi connectivity index (χ0v) is 18.1. The molecule has 2 aromatic carbocycles. The number of H-pyrrole nitrogens is 1. The highest BCUT2D eigenvalue weighted by atomic mass is 35.5. The van der Waals surface area contributed by atoms with Gasteiger partial charge in [0.15, 0.2) is 9.84 Å². The molecule has 1 aliphatic heterocycles. The van der Waals surface area contributed by atoms with Crippen LogP contribution in [-0.4, -0.2) is 31.7 Å². The molecule has 1 unspecified atom stereocenters. The number of nitrogens with one attached hydrogen (secondary N) is 1. The molecule has 3 aromatic rings. The molecule has 1 atom stereocenters. The number of fused-ring (bicyclic) bond motifs is 1. The summed E-state index contributed by atoms with van der Waals surface area (Å²) in [6.07, 6.45) is 3.81. The van der Waals surface area contributed by atoms with Crippen molar-refractivity contribution in [1.29, 1.82) is 0 Å². The van der Waals surface area contributed by atoms with E-state index in [1.54, 1.807) is 30.2 Å². The molecule has 1 N–H and O–H groups in total. The molecular formula is C21H18ClF2N3O3S. The normalized spacial score (nSPS) is 16.9. The van der Waals surface area contributed by atoms with Crippen LogP contribution in [0.15, 0.2) is 63.7 Å². The molecule has 10 heteroatoms. The van der Waals surface area contributed by atoms with Gasteiger partial charge in [-0.25, -0.2) is 22.2 Å². The van der Waals surface area contributed by atoms with Gasteiger partial charge < -0.3 is 14.6 Å². The Morgan fingerprint density at radius 1 is 1.23 bits per heavy atom. The zero-order valence-electron chi connectivity index (χ0n) is 16.6. The van der Waals surface area contributed by atoms with Gasteiger partial charge in [-0.05, 0) is 37.3 Å². The molecule has 0 aliphatic carbocycles. The number of aliphatic imine (C=N–C) groups is 1. The van der Waals surface area contributed by atoms with Gasteiger partial charge in [0.05, 0.1) is 4.90 Å². The number of hydrogen-bond donors (Lipinski definition) is 1. The highest BCUT2D eigenvalue weighted by Crippen LogP contribution is 2.31. The average Bonchev–Trinajstić information content (AvgIpc) is 3.13. The van der Waals surface area contributed by atoms with Crippen LogP contribution in [0.2, 0.25) is 0 Å². The van der Waals surface area contributed by atoms with Crippen molar-refractivity contribution in [1.82, 2.24) is 4.98 Å². The third kappa shape index (κ3) is 4.28. The summed E-state index contributed by atoms with van der Waals surface area (Å²) in [5, 5.41) is 0.757. The SMILES string of the molecule is CC1N=C(OCc2ccc(F)cc2F)C(Cl)=CN1c1ccc2[nH]cc(S(C)(=O)=O)c2c1. The van der Waals surface area contributed by atoms with Crippen LogP contribution in [0, 0.1) is 11.6 Å². The van der Waals surface area contributed by atoms with Crippen molar-refractivity contribution >= 4 is 43.9 Å². The number of aromatic amines is 1. The second kappa shape index (κ2) is 7.97. The Labute approximate surface area is 182 Å². The number of anilines is 1. The molecule has 0 bridgehead atoms. The van der Waals surface area contributed by atoms with E-state index in [2.05, 4.69) is 9.98 Å². The Hall–Kier alpha value is -2.91. The van der Waals surface area contributed by atoms with E-state index in [9.17, 15) is 17.2 Å². The highest BCUT2D eigenvalue weighted by molar-refractivity contribution is 7.91. The lowest BCUT2D eigenvalue weighted by molar-refractivity contribution is 0.284. The maximum atomic E-state index is 13.8. The first-order valence-corrected chi connectivity index (χ1v) is 11.5. The summed E-state index contributed by atoms with van der Waals surface area (Å²) in [4.78, 5) is 9.35. The van der Waals surface area contributed by atoms with Crippen molar-refractivity contribution in [2.45, 2.75) is 24.6 Å². The molecular weight excluding hydrogens is 448 g/mol. The van der Waals surface area contributed by atoms with Crippen LogP contribution < -0.4 is 4.90 Å². The van der Waals surface area contributed by atoms with E-state index >= 15 is 0 Å². The van der Waals surface area contributed by atoms with Gasteiger partial charge in [0.25, 0.3) is 0 Å². The number of ether oxygens (including phenoxy) is 1. The smallest absolute Gasteiger partial charge is 0.231 e. The molecule has 2 heterocycles. The zero-order chi connectivity index (χ0) is 22.3. The summed E-state index contributed by atoms with van der Waals surface area (Å²) < 4.78 is 56.5. The molecule has 4 rings (SSSR count). The fraction of sp³-hybridized carbons (Fsp3) is 0.190. The van der Waals surface area contributed by atoms with Crippen molar-refractivity contribution in [3.05, 3.63) is 71.0 Å². The molecule has 0 spiro atoms. The van der Waals surface area contributed by atoms with Crippen LogP contribution in [0.1, 0.15) is 12.5 Å². The molecule has 0 amide bonds. The second-order valence-corrected chi connectivity index (χ2v) is 9.52. The van der Waals surface area contributed by atoms with Gasteiger partial charge in [-0.2, -0.15) is 0 Å². The number of hydrogen-bond acceptors (Lipinski definition) is 5. The summed E-state index contributed by atoms with van der Waals surface area (Å²) in [6.45, 7) is 1.65. The number of rotatable bonds is 4. The number of halogens is 3. The Morgan fingerprint density at radius 2 is 2.00 bits per heavy atom. The van der Waals surface area contributed by atoms with E-state index < -0.39 is 27.6 Å². The van der Waals surface area contributed by atoms with Crippen molar-refractivity contribution in [2.24, 2.45) is 4.99 Å². The number of aromatic nitrogens is 1. The third-order valence-electron chi connectivity index (χ3n) is 4.87. The molecule has 1 aromatic heterocycles. The predicted octanol–water partition coefficient (Wildman–Crippen LogP) is 4.71. The van der Waals surface area contributed by atoms with Crippen molar-refractivity contribution in [3.8, 4) is 0 Å². The van der Waals surface area contributed by atoms with E-state index in [0.717, 1.165) is 18.4 Å². The maximum absolute atomic E-state index is 13.8. The van der Waals surface area contributed by atoms with Gasteiger partial charge in [0.2, 0.25) is 5.90 Å². The predicted molar refractivity (Wildman–Crippen MR) is 116 cm³/mol. The van der Waals surface area contributed by atoms with E-state index in [1.165, 1.54) is 12.3 Å². The number of sulfone groups is 1. The summed E-state index contributed by atoms with van der Waals surface area (Å²) in [5.74, 6) is -1.25. The molecule has 162 valence electrons. The Morgan fingerprint density at radius 3 is 2.71 bits per heavy atom. The lowest BCUT2D eigenvalue weighted by atomic mass is 10.2. The van der Waals surface area contributed by atoms with Crippen LogP contribution in [0.3, 0.4) is 0 Å². The first-order chi connectivity index (χ1) is 14.6. The summed E-state index contributed by atoms with van der Waals surface area (Å²) in [7, 11) is -3.40. The van der Waals surface area contributed by atoms with Crippen LogP contribution in [0.25, 0.3) is 10.9 Å². The van der Waals surface area contributed by atoms with E-state index in [-0.39, 0.29) is 28.0 Å². The van der Waals surface area contributed by atoms with Crippen LogP contribution >= 0.6 is 11.6 Å². The van der Waals surface area contributed by atoms with E-state index in [0.29, 0.717) is 16.6 Å². The fourth-order valence-corrected chi connectivity index (χ4v) is 4.36. The van der Waals surface area contributed by atoms with Gasteiger partial charge in [-0.3, -0.25) is 0 Å². The molecule has 0 radical (unpaired) electrons. The monoisotopic (exact) mass is 465 g/mol. The first-order valence-electron chi connectivity index (χ1n) is 9.25. The van der Waals surface area contributed by atoms with Crippen LogP contribution in [0.5, 0.6) is 0 Å². The van der Waals surface area contributed by atoms with Crippen molar-refractivity contribution < 1.29 is 21.9 Å². The quantitative estimate of drug-likeness (QED) is 0.605. The van der Waals surface area contributed by atoms with Crippen LogP contribution in [0.4, 0.5) is 14.5 Å². The minimum absolute atomic E-state index is 0.133. The summed E-state index contributed by atoms with van der Waals surface area (Å²) in [6, 6.07) is 8.57. The summed E-state index contributed by atoms with van der Waals surface area (Å²) in [5.41, 5.74) is 1.56. The summed E-state index contributed by atoms with van der Waals surface area (Å²) >= 11 is 6.33. The van der Waals surface area contributed by atoms with Gasteiger partial charge in [-0.15, -0.1) is 0 Å². The lowest BCUT2D eigenvalue weighted by Gasteiger charge is -2.29. The standard InChI is InChI=1S/C21H18ClF2N3O3S/c1-12-26-21(30-11-13-3-4-14(23)7-18(13)24)17(22)10-27(12)15-5-6-19-16(8-15)20(9-25-19)31(2,28)29/h3-10,12,25H,11H2,1-2H3. The Balaban J connectivity index is 1.58. The average molecular weight is 466 g/mol. The van der Waals surface area contributed by atoms with Gasteiger partial charge >= 0.3 is 0 Å².